The van der Waals surface area contributed by atoms with Crippen LogP contribution in [-0.4, -0.2) is 12.5 Å². The molecule has 1 N–H and O–H groups in total. The molecule has 1 aromatic carbocycles. The number of unbranched alkanes of at least 4 members (excludes halogenated alkanes) is 1. The van der Waals surface area contributed by atoms with Crippen LogP contribution >= 0.6 is 11.6 Å². The molecule has 0 aliphatic rings. The second-order valence-electron chi connectivity index (χ2n) is 3.16. The average Bonchev–Trinajstić information content (AvgIpc) is 2.28. The molecule has 84 valence electrons. The third kappa shape index (κ3) is 3.25. The summed E-state index contributed by atoms with van der Waals surface area (Å²) >= 11 is 5.56. The van der Waals surface area contributed by atoms with E-state index in [-0.39, 0.29) is 10.6 Å². The molecule has 2 nitrogen and oxygen atoms in total. The van der Waals surface area contributed by atoms with Gasteiger partial charge in [0.15, 0.2) is 5.82 Å². The van der Waals surface area contributed by atoms with Gasteiger partial charge >= 0.3 is 0 Å². The van der Waals surface area contributed by atoms with Crippen molar-refractivity contribution in [3.63, 3.8) is 0 Å². The lowest BCUT2D eigenvalue weighted by molar-refractivity contribution is 0.0949. The van der Waals surface area contributed by atoms with Crippen molar-refractivity contribution in [3.05, 3.63) is 34.6 Å². The number of benzene rings is 1. The van der Waals surface area contributed by atoms with Gasteiger partial charge in [0.25, 0.3) is 5.91 Å². The number of rotatable bonds is 4. The normalized spacial score (nSPS) is 9.56. The van der Waals surface area contributed by atoms with Crippen LogP contribution in [0.1, 0.15) is 23.2 Å². The van der Waals surface area contributed by atoms with Crippen LogP contribution < -0.4 is 5.32 Å². The topological polar surface area (TPSA) is 29.1 Å². The van der Waals surface area contributed by atoms with E-state index >= 15 is 0 Å². The number of terminal acetylenes is 1. The molecule has 0 fully saturated rings. The van der Waals surface area contributed by atoms with Crippen molar-refractivity contribution in [1.29, 1.82) is 0 Å². The number of carbonyl (C=O) groups excluding carboxylic acids is 1. The monoisotopic (exact) mass is 239 g/mol. The van der Waals surface area contributed by atoms with Crippen molar-refractivity contribution in [2.75, 3.05) is 6.54 Å². The summed E-state index contributed by atoms with van der Waals surface area (Å²) < 4.78 is 13.4. The number of hydrogen-bond acceptors (Lipinski definition) is 1. The molecule has 0 aromatic heterocycles. The Kier molecular flexibility index (Phi) is 4.81. The molecule has 1 amide bonds. The second-order valence-corrected chi connectivity index (χ2v) is 3.57. The molecule has 4 heteroatoms. The van der Waals surface area contributed by atoms with Crippen LogP contribution in [0.15, 0.2) is 18.2 Å². The third-order valence-electron chi connectivity index (χ3n) is 1.98. The first-order valence-electron chi connectivity index (χ1n) is 4.82. The Hall–Kier alpha value is -1.53. The lowest BCUT2D eigenvalue weighted by Gasteiger charge is -2.05. The molecule has 1 aromatic rings. The van der Waals surface area contributed by atoms with E-state index in [0.717, 1.165) is 0 Å². The molecular weight excluding hydrogens is 229 g/mol. The first-order valence-corrected chi connectivity index (χ1v) is 5.20. The van der Waals surface area contributed by atoms with Gasteiger partial charge in [-0.1, -0.05) is 17.7 Å². The van der Waals surface area contributed by atoms with Crippen LogP contribution in [0.4, 0.5) is 4.39 Å². The average molecular weight is 240 g/mol. The van der Waals surface area contributed by atoms with E-state index in [1.807, 2.05) is 0 Å². The summed E-state index contributed by atoms with van der Waals surface area (Å²) in [5, 5.41) is 2.51. The molecule has 0 heterocycles. The number of halogens is 2. The van der Waals surface area contributed by atoms with Crippen LogP contribution in [0.25, 0.3) is 0 Å². The van der Waals surface area contributed by atoms with Crippen molar-refractivity contribution in [3.8, 4) is 12.3 Å². The molecule has 0 bridgehead atoms. The Balaban J connectivity index is 2.60. The zero-order valence-electron chi connectivity index (χ0n) is 8.59. The van der Waals surface area contributed by atoms with E-state index in [1.165, 1.54) is 18.2 Å². The van der Waals surface area contributed by atoms with Gasteiger partial charge < -0.3 is 5.32 Å². The van der Waals surface area contributed by atoms with Crippen LogP contribution in [0.5, 0.6) is 0 Å². The maximum absolute atomic E-state index is 13.4. The molecule has 0 saturated carbocycles. The van der Waals surface area contributed by atoms with Crippen molar-refractivity contribution in [2.45, 2.75) is 12.8 Å². The van der Waals surface area contributed by atoms with Gasteiger partial charge in [-0.15, -0.1) is 12.3 Å². The van der Waals surface area contributed by atoms with E-state index in [2.05, 4.69) is 11.2 Å². The Bertz CT molecular complexity index is 426. The SMILES string of the molecule is C#CCCCNC(=O)c1cccc(Cl)c1F. The van der Waals surface area contributed by atoms with Crippen LogP contribution in [-0.2, 0) is 0 Å². The Morgan fingerprint density at radius 3 is 3.00 bits per heavy atom. The van der Waals surface area contributed by atoms with Crippen molar-refractivity contribution < 1.29 is 9.18 Å². The van der Waals surface area contributed by atoms with Crippen molar-refractivity contribution >= 4 is 17.5 Å². The van der Waals surface area contributed by atoms with Gasteiger partial charge in [-0.25, -0.2) is 4.39 Å². The highest BCUT2D eigenvalue weighted by atomic mass is 35.5. The van der Waals surface area contributed by atoms with Gasteiger partial charge in [-0.05, 0) is 18.6 Å². The maximum Gasteiger partial charge on any atom is 0.254 e. The fourth-order valence-electron chi connectivity index (χ4n) is 1.17. The van der Waals surface area contributed by atoms with Gasteiger partial charge in [-0.3, -0.25) is 4.79 Å². The smallest absolute Gasteiger partial charge is 0.254 e. The highest BCUT2D eigenvalue weighted by molar-refractivity contribution is 6.31. The Morgan fingerprint density at radius 1 is 1.56 bits per heavy atom. The first-order chi connectivity index (χ1) is 7.66. The largest absolute Gasteiger partial charge is 0.352 e. The van der Waals surface area contributed by atoms with Crippen LogP contribution in [0.2, 0.25) is 5.02 Å². The van der Waals surface area contributed by atoms with Crippen LogP contribution in [0, 0.1) is 18.2 Å². The maximum atomic E-state index is 13.4. The third-order valence-corrected chi connectivity index (χ3v) is 2.27. The molecule has 0 radical (unpaired) electrons. The summed E-state index contributed by atoms with van der Waals surface area (Å²) in [5.41, 5.74) is -0.0480. The standard InChI is InChI=1S/C12H11ClFNO/c1-2-3-4-8-15-12(16)9-6-5-7-10(13)11(9)14/h1,5-7H,3-4,8H2,(H,15,16). The quantitative estimate of drug-likeness (QED) is 0.635. The number of amides is 1. The first kappa shape index (κ1) is 12.5. The molecule has 0 aliphatic heterocycles. The van der Waals surface area contributed by atoms with Gasteiger partial charge in [0.2, 0.25) is 0 Å². The Labute approximate surface area is 98.8 Å². The minimum Gasteiger partial charge on any atom is -0.352 e. The molecule has 0 saturated heterocycles. The lowest BCUT2D eigenvalue weighted by atomic mass is 10.2. The molecule has 16 heavy (non-hydrogen) atoms. The number of carbonyl (C=O) groups is 1. The Morgan fingerprint density at radius 2 is 2.31 bits per heavy atom. The summed E-state index contributed by atoms with van der Waals surface area (Å²) in [7, 11) is 0. The van der Waals surface area contributed by atoms with E-state index in [1.54, 1.807) is 0 Å². The fraction of sp³-hybridized carbons (Fsp3) is 0.250. The van der Waals surface area contributed by atoms with E-state index in [9.17, 15) is 9.18 Å². The van der Waals surface area contributed by atoms with Crippen LogP contribution in [0.3, 0.4) is 0 Å². The molecular formula is C12H11ClFNO. The summed E-state index contributed by atoms with van der Waals surface area (Å²) in [6.45, 7) is 0.426. The lowest BCUT2D eigenvalue weighted by Crippen LogP contribution is -2.25. The molecule has 1 rings (SSSR count). The minimum absolute atomic E-state index is 0.0480. The predicted octanol–water partition coefficient (Wildman–Crippen LogP) is 2.62. The summed E-state index contributed by atoms with van der Waals surface area (Å²) in [4.78, 5) is 11.5. The fourth-order valence-corrected chi connectivity index (χ4v) is 1.34. The number of hydrogen-bond donors (Lipinski definition) is 1. The zero-order valence-corrected chi connectivity index (χ0v) is 9.35. The van der Waals surface area contributed by atoms with Crippen molar-refractivity contribution in [2.24, 2.45) is 0 Å². The number of nitrogens with one attached hydrogen (secondary N) is 1. The molecule has 0 atom stereocenters. The predicted molar refractivity (Wildman–Crippen MR) is 61.8 cm³/mol. The minimum atomic E-state index is -0.696. The van der Waals surface area contributed by atoms with Gasteiger partial charge in [0.1, 0.15) is 0 Å². The summed E-state index contributed by atoms with van der Waals surface area (Å²) in [5.74, 6) is 1.28. The molecule has 0 aliphatic carbocycles. The summed E-state index contributed by atoms with van der Waals surface area (Å²) in [6, 6.07) is 4.31. The highest BCUT2D eigenvalue weighted by Crippen LogP contribution is 2.17. The van der Waals surface area contributed by atoms with Gasteiger partial charge in [-0.2, -0.15) is 0 Å². The zero-order chi connectivity index (χ0) is 12.0. The van der Waals surface area contributed by atoms with E-state index in [4.69, 9.17) is 18.0 Å². The molecule has 0 unspecified atom stereocenters. The second kappa shape index (κ2) is 6.14. The van der Waals surface area contributed by atoms with Crippen molar-refractivity contribution in [1.82, 2.24) is 5.32 Å². The van der Waals surface area contributed by atoms with Gasteiger partial charge in [0, 0.05) is 13.0 Å². The molecule has 0 spiro atoms. The summed E-state index contributed by atoms with van der Waals surface area (Å²) in [6.07, 6.45) is 6.31. The highest BCUT2D eigenvalue weighted by Gasteiger charge is 2.12. The van der Waals surface area contributed by atoms with Gasteiger partial charge in [0.05, 0.1) is 10.6 Å². The van der Waals surface area contributed by atoms with E-state index < -0.39 is 11.7 Å². The van der Waals surface area contributed by atoms with E-state index in [0.29, 0.717) is 19.4 Å².